The van der Waals surface area contributed by atoms with Crippen LogP contribution in [0.15, 0.2) is 48.5 Å². The molecule has 23 heavy (non-hydrogen) atoms. The number of carbonyl (C=O) groups is 2. The predicted molar refractivity (Wildman–Crippen MR) is 89.9 cm³/mol. The van der Waals surface area contributed by atoms with Crippen molar-refractivity contribution < 1.29 is 14.3 Å². The molecule has 2 aromatic rings. The third-order valence-electron chi connectivity index (χ3n) is 3.51. The van der Waals surface area contributed by atoms with Crippen LogP contribution in [0.1, 0.15) is 24.2 Å². The van der Waals surface area contributed by atoms with Gasteiger partial charge in [0, 0.05) is 11.3 Å². The molecule has 0 spiro atoms. The Labute approximate surface area is 135 Å². The lowest BCUT2D eigenvalue weighted by molar-refractivity contribution is -0.146. The summed E-state index contributed by atoms with van der Waals surface area (Å²) < 4.78 is 4.67. The molecule has 3 N–H and O–H groups in total. The summed E-state index contributed by atoms with van der Waals surface area (Å²) in [6.45, 7) is 3.19. The van der Waals surface area contributed by atoms with Crippen molar-refractivity contribution in [3.05, 3.63) is 54.1 Å². The van der Waals surface area contributed by atoms with Gasteiger partial charge in [0.15, 0.2) is 0 Å². The second-order valence-electron chi connectivity index (χ2n) is 5.77. The van der Waals surface area contributed by atoms with E-state index in [2.05, 4.69) is 10.1 Å². The third kappa shape index (κ3) is 3.88. The Bertz CT molecular complexity index is 704. The van der Waals surface area contributed by atoms with Crippen molar-refractivity contribution in [1.82, 2.24) is 5.32 Å². The molecule has 2 rings (SSSR count). The number of ether oxygens (including phenoxy) is 1. The number of amides is 1. The number of nitrogen functional groups attached to an aromatic ring is 1. The fourth-order valence-corrected chi connectivity index (χ4v) is 2.15. The molecular formula is C18H20N2O3. The second kappa shape index (κ2) is 6.52. The smallest absolute Gasteiger partial charge is 0.330 e. The van der Waals surface area contributed by atoms with E-state index in [0.29, 0.717) is 11.3 Å². The highest BCUT2D eigenvalue weighted by molar-refractivity contribution is 5.98. The van der Waals surface area contributed by atoms with Crippen LogP contribution in [0.4, 0.5) is 5.69 Å². The van der Waals surface area contributed by atoms with E-state index < -0.39 is 11.5 Å². The first-order valence-electron chi connectivity index (χ1n) is 7.20. The molecule has 2 aromatic carbocycles. The zero-order chi connectivity index (χ0) is 17.0. The summed E-state index contributed by atoms with van der Waals surface area (Å²) in [5.41, 5.74) is 7.76. The van der Waals surface area contributed by atoms with Gasteiger partial charge in [-0.2, -0.15) is 0 Å². The van der Waals surface area contributed by atoms with Crippen molar-refractivity contribution in [1.29, 1.82) is 0 Å². The zero-order valence-corrected chi connectivity index (χ0v) is 13.4. The maximum Gasteiger partial charge on any atom is 0.330 e. The molecule has 0 aromatic heterocycles. The summed E-state index contributed by atoms with van der Waals surface area (Å²) in [5.74, 6) is -0.825. The Morgan fingerprint density at radius 3 is 1.91 bits per heavy atom. The maximum absolute atomic E-state index is 12.2. The molecular weight excluding hydrogens is 292 g/mol. The standard InChI is InChI=1S/C18H20N2O3/c1-18(2,17(22)23-3)20-16(21)14-6-4-12(5-7-14)13-8-10-15(19)11-9-13/h4-11H,19H2,1-3H3,(H,20,21). The highest BCUT2D eigenvalue weighted by atomic mass is 16.5. The molecule has 0 aliphatic carbocycles. The van der Waals surface area contributed by atoms with Gasteiger partial charge in [0.2, 0.25) is 0 Å². The molecule has 0 saturated heterocycles. The number of hydrogen-bond acceptors (Lipinski definition) is 4. The summed E-state index contributed by atoms with van der Waals surface area (Å²) >= 11 is 0. The number of anilines is 1. The number of methoxy groups -OCH3 is 1. The molecule has 0 fully saturated rings. The lowest BCUT2D eigenvalue weighted by atomic mass is 10.0. The van der Waals surface area contributed by atoms with Gasteiger partial charge in [0.05, 0.1) is 7.11 Å². The van der Waals surface area contributed by atoms with Crippen molar-refractivity contribution >= 4 is 17.6 Å². The fourth-order valence-electron chi connectivity index (χ4n) is 2.15. The number of carbonyl (C=O) groups excluding carboxylic acids is 2. The molecule has 0 radical (unpaired) electrons. The van der Waals surface area contributed by atoms with Gasteiger partial charge in [-0.3, -0.25) is 4.79 Å². The summed E-state index contributed by atoms with van der Waals surface area (Å²) in [6.07, 6.45) is 0. The Morgan fingerprint density at radius 2 is 1.43 bits per heavy atom. The van der Waals surface area contributed by atoms with Crippen molar-refractivity contribution in [2.75, 3.05) is 12.8 Å². The zero-order valence-electron chi connectivity index (χ0n) is 13.4. The minimum Gasteiger partial charge on any atom is -0.467 e. The van der Waals surface area contributed by atoms with E-state index in [4.69, 9.17) is 5.73 Å². The first-order valence-corrected chi connectivity index (χ1v) is 7.20. The van der Waals surface area contributed by atoms with Crippen LogP contribution in [-0.2, 0) is 9.53 Å². The molecule has 0 heterocycles. The van der Waals surface area contributed by atoms with Crippen LogP contribution >= 0.6 is 0 Å². The molecule has 0 unspecified atom stereocenters. The SMILES string of the molecule is COC(=O)C(C)(C)NC(=O)c1ccc(-c2ccc(N)cc2)cc1. The van der Waals surface area contributed by atoms with Crippen molar-refractivity contribution in [3.63, 3.8) is 0 Å². The first-order chi connectivity index (χ1) is 10.8. The van der Waals surface area contributed by atoms with Crippen LogP contribution in [0, 0.1) is 0 Å². The number of rotatable bonds is 4. The van der Waals surface area contributed by atoms with E-state index in [1.807, 2.05) is 36.4 Å². The van der Waals surface area contributed by atoms with Crippen LogP contribution in [0.5, 0.6) is 0 Å². The summed E-state index contributed by atoms with van der Waals surface area (Å²) in [6, 6.07) is 14.6. The Balaban J connectivity index is 2.14. The normalized spacial score (nSPS) is 10.9. The Kier molecular flexibility index (Phi) is 4.69. The van der Waals surface area contributed by atoms with Crippen LogP contribution in [0.2, 0.25) is 0 Å². The molecule has 0 aliphatic rings. The second-order valence-corrected chi connectivity index (χ2v) is 5.77. The van der Waals surface area contributed by atoms with Gasteiger partial charge >= 0.3 is 5.97 Å². The van der Waals surface area contributed by atoms with Gasteiger partial charge < -0.3 is 15.8 Å². The third-order valence-corrected chi connectivity index (χ3v) is 3.51. The monoisotopic (exact) mass is 312 g/mol. The number of esters is 1. The maximum atomic E-state index is 12.2. The molecule has 120 valence electrons. The predicted octanol–water partition coefficient (Wildman–Crippen LogP) is 2.62. The average Bonchev–Trinajstić information content (AvgIpc) is 2.54. The van der Waals surface area contributed by atoms with Crippen molar-refractivity contribution in [2.24, 2.45) is 0 Å². The minimum atomic E-state index is -1.08. The minimum absolute atomic E-state index is 0.329. The number of hydrogen-bond donors (Lipinski definition) is 2. The number of nitrogens with one attached hydrogen (secondary N) is 1. The highest BCUT2D eigenvalue weighted by Crippen LogP contribution is 2.21. The number of nitrogens with two attached hydrogens (primary N) is 1. The van der Waals surface area contributed by atoms with Gasteiger partial charge in [-0.1, -0.05) is 24.3 Å². The van der Waals surface area contributed by atoms with E-state index in [1.165, 1.54) is 7.11 Å². The van der Waals surface area contributed by atoms with Gasteiger partial charge in [0.25, 0.3) is 5.91 Å². The molecule has 5 nitrogen and oxygen atoms in total. The molecule has 0 bridgehead atoms. The van der Waals surface area contributed by atoms with Crippen LogP contribution in [-0.4, -0.2) is 24.5 Å². The molecule has 0 atom stereocenters. The highest BCUT2D eigenvalue weighted by Gasteiger charge is 2.30. The van der Waals surface area contributed by atoms with Gasteiger partial charge in [0.1, 0.15) is 5.54 Å². The van der Waals surface area contributed by atoms with Gasteiger partial charge in [-0.25, -0.2) is 4.79 Å². The van der Waals surface area contributed by atoms with E-state index in [1.54, 1.807) is 26.0 Å². The summed E-state index contributed by atoms with van der Waals surface area (Å²) in [4.78, 5) is 23.9. The lowest BCUT2D eigenvalue weighted by Crippen LogP contribution is -2.50. The van der Waals surface area contributed by atoms with Crippen LogP contribution < -0.4 is 11.1 Å². The molecule has 0 aliphatic heterocycles. The largest absolute Gasteiger partial charge is 0.467 e. The summed E-state index contributed by atoms with van der Waals surface area (Å²) in [5, 5.41) is 2.66. The lowest BCUT2D eigenvalue weighted by Gasteiger charge is -2.23. The van der Waals surface area contributed by atoms with Gasteiger partial charge in [-0.15, -0.1) is 0 Å². The van der Waals surface area contributed by atoms with Crippen molar-refractivity contribution in [2.45, 2.75) is 19.4 Å². The fraction of sp³-hybridized carbons (Fsp3) is 0.222. The molecule has 1 amide bonds. The van der Waals surface area contributed by atoms with E-state index in [-0.39, 0.29) is 5.91 Å². The van der Waals surface area contributed by atoms with E-state index >= 15 is 0 Å². The molecule has 0 saturated carbocycles. The first kappa shape index (κ1) is 16.5. The molecule has 5 heteroatoms. The Morgan fingerprint density at radius 1 is 0.957 bits per heavy atom. The topological polar surface area (TPSA) is 81.4 Å². The van der Waals surface area contributed by atoms with Crippen LogP contribution in [0.3, 0.4) is 0 Å². The Hall–Kier alpha value is -2.82. The average molecular weight is 312 g/mol. The van der Waals surface area contributed by atoms with Gasteiger partial charge in [-0.05, 0) is 49.2 Å². The summed E-state index contributed by atoms with van der Waals surface area (Å²) in [7, 11) is 1.29. The van der Waals surface area contributed by atoms with Crippen molar-refractivity contribution in [3.8, 4) is 11.1 Å². The van der Waals surface area contributed by atoms with Crippen LogP contribution in [0.25, 0.3) is 11.1 Å². The van der Waals surface area contributed by atoms with E-state index in [9.17, 15) is 9.59 Å². The number of benzene rings is 2. The van der Waals surface area contributed by atoms with E-state index in [0.717, 1.165) is 11.1 Å². The quantitative estimate of drug-likeness (QED) is 0.671.